The number of ether oxygens (including phenoxy) is 1. The fourth-order valence-electron chi connectivity index (χ4n) is 4.76. The molecule has 1 aromatic carbocycles. The Morgan fingerprint density at radius 1 is 1.22 bits per heavy atom. The number of pyridine rings is 1. The third-order valence-electron chi connectivity index (χ3n) is 6.82. The molecule has 2 aromatic heterocycles. The van der Waals surface area contributed by atoms with Crippen LogP contribution < -0.4 is 10.6 Å². The second-order valence-electron chi connectivity index (χ2n) is 9.45. The van der Waals surface area contributed by atoms with E-state index in [1.165, 1.54) is 12.0 Å². The van der Waals surface area contributed by atoms with Crippen molar-refractivity contribution in [3.05, 3.63) is 47.7 Å². The fraction of sp³-hybridized carbons (Fsp3) is 0.519. The maximum absolute atomic E-state index is 12.0. The summed E-state index contributed by atoms with van der Waals surface area (Å²) in [7, 11) is 3.56. The molecular formula is C27H38N6O3. The molecule has 3 aromatic rings. The third kappa shape index (κ3) is 6.73. The van der Waals surface area contributed by atoms with Crippen molar-refractivity contribution in [1.29, 1.82) is 0 Å². The van der Waals surface area contributed by atoms with Gasteiger partial charge in [0, 0.05) is 44.9 Å². The molecule has 3 N–H and O–H groups in total. The van der Waals surface area contributed by atoms with Crippen LogP contribution in [0.25, 0.3) is 10.9 Å². The Kier molecular flexibility index (Phi) is 9.13. The Morgan fingerprint density at radius 2 is 2.08 bits per heavy atom. The molecule has 1 aliphatic rings. The zero-order valence-electron chi connectivity index (χ0n) is 21.4. The first-order valence-electron chi connectivity index (χ1n) is 12.9. The highest BCUT2D eigenvalue weighted by molar-refractivity contribution is 5.91. The molecular weight excluding hydrogens is 456 g/mol. The zero-order chi connectivity index (χ0) is 25.3. The summed E-state index contributed by atoms with van der Waals surface area (Å²) in [5.74, 6) is 0.785. The van der Waals surface area contributed by atoms with Gasteiger partial charge in [0.1, 0.15) is 11.9 Å². The first-order chi connectivity index (χ1) is 17.5. The highest BCUT2D eigenvalue weighted by atomic mass is 16.5. The van der Waals surface area contributed by atoms with Crippen LogP contribution in [0.3, 0.4) is 0 Å². The van der Waals surface area contributed by atoms with Crippen molar-refractivity contribution in [2.45, 2.75) is 44.6 Å². The fourth-order valence-corrected chi connectivity index (χ4v) is 4.76. The van der Waals surface area contributed by atoms with Gasteiger partial charge in [-0.25, -0.2) is 9.78 Å². The number of fused-ring (bicyclic) bond motifs is 2. The molecule has 9 heteroatoms. The summed E-state index contributed by atoms with van der Waals surface area (Å²) in [5, 5.41) is 21.9. The number of aryl methyl sites for hydroxylation is 3. The molecule has 36 heavy (non-hydrogen) atoms. The summed E-state index contributed by atoms with van der Waals surface area (Å²) in [4.78, 5) is 19.1. The van der Waals surface area contributed by atoms with Gasteiger partial charge in [-0.2, -0.15) is 5.10 Å². The Hall–Kier alpha value is -3.17. The van der Waals surface area contributed by atoms with Crippen molar-refractivity contribution < 1.29 is 14.6 Å². The molecule has 0 radical (unpaired) electrons. The van der Waals surface area contributed by atoms with Gasteiger partial charge in [-0.15, -0.1) is 0 Å². The lowest BCUT2D eigenvalue weighted by Crippen LogP contribution is -2.36. The van der Waals surface area contributed by atoms with Crippen LogP contribution in [0.4, 0.5) is 11.6 Å². The van der Waals surface area contributed by atoms with Crippen molar-refractivity contribution in [3.63, 3.8) is 0 Å². The van der Waals surface area contributed by atoms with Crippen LogP contribution in [0.15, 0.2) is 36.4 Å². The molecule has 1 unspecified atom stereocenters. The van der Waals surface area contributed by atoms with Crippen molar-refractivity contribution in [2.75, 3.05) is 50.5 Å². The largest absolute Gasteiger partial charge is 0.480 e. The van der Waals surface area contributed by atoms with E-state index in [2.05, 4.69) is 32.8 Å². The van der Waals surface area contributed by atoms with E-state index in [1.807, 2.05) is 31.3 Å². The summed E-state index contributed by atoms with van der Waals surface area (Å²) in [6.45, 7) is 3.95. The van der Waals surface area contributed by atoms with E-state index in [-0.39, 0.29) is 0 Å². The van der Waals surface area contributed by atoms with E-state index in [4.69, 9.17) is 9.72 Å². The van der Waals surface area contributed by atoms with Gasteiger partial charge in [0.15, 0.2) is 5.82 Å². The smallest absolute Gasteiger partial charge is 0.326 e. The minimum Gasteiger partial charge on any atom is -0.480 e. The Bertz CT molecular complexity index is 1150. The van der Waals surface area contributed by atoms with Crippen LogP contribution in [0.5, 0.6) is 0 Å². The van der Waals surface area contributed by atoms with Crippen molar-refractivity contribution in [2.24, 2.45) is 7.05 Å². The van der Waals surface area contributed by atoms with E-state index >= 15 is 0 Å². The first-order valence-corrected chi connectivity index (χ1v) is 12.9. The van der Waals surface area contributed by atoms with Gasteiger partial charge in [-0.3, -0.25) is 4.68 Å². The second-order valence-corrected chi connectivity index (χ2v) is 9.45. The van der Waals surface area contributed by atoms with Gasteiger partial charge < -0.3 is 25.4 Å². The van der Waals surface area contributed by atoms with Crippen LogP contribution in [0.1, 0.15) is 36.9 Å². The van der Waals surface area contributed by atoms with Crippen molar-refractivity contribution in [1.82, 2.24) is 19.7 Å². The average molecular weight is 495 g/mol. The standard InChI is InChI=1S/C27H38N6O3/c1-32-24-11-4-3-10-22(24)26(31-32)30-23(27(34)35)14-17-33(18-19-36-2)16-6-5-9-21-13-12-20-8-7-15-28-25(20)29-21/h3-4,10-13,23H,5-9,14-19H2,1-2H3,(H,28,29)(H,30,31)(H,34,35). The topological polar surface area (TPSA) is 105 Å². The summed E-state index contributed by atoms with van der Waals surface area (Å²) in [6.07, 6.45) is 5.75. The molecule has 0 spiro atoms. The first kappa shape index (κ1) is 25.9. The van der Waals surface area contributed by atoms with Gasteiger partial charge in [0.05, 0.1) is 12.1 Å². The monoisotopic (exact) mass is 494 g/mol. The molecule has 0 fully saturated rings. The van der Waals surface area contributed by atoms with Crippen LogP contribution in [-0.4, -0.2) is 76.7 Å². The summed E-state index contributed by atoms with van der Waals surface area (Å²) in [6, 6.07) is 11.5. The van der Waals surface area contributed by atoms with Crippen LogP contribution in [0, 0.1) is 0 Å². The molecule has 194 valence electrons. The lowest BCUT2D eigenvalue weighted by atomic mass is 10.1. The van der Waals surface area contributed by atoms with Gasteiger partial charge in [0.25, 0.3) is 0 Å². The SMILES string of the molecule is COCCN(CCCCc1ccc2c(n1)NCCC2)CCC(Nc1nn(C)c2ccccc12)C(=O)O. The molecule has 0 aliphatic carbocycles. The van der Waals surface area contributed by atoms with E-state index in [9.17, 15) is 9.90 Å². The average Bonchev–Trinajstić information content (AvgIpc) is 3.21. The maximum atomic E-state index is 12.0. The second kappa shape index (κ2) is 12.7. The highest BCUT2D eigenvalue weighted by Crippen LogP contribution is 2.23. The van der Waals surface area contributed by atoms with E-state index in [1.54, 1.807) is 11.8 Å². The number of para-hydroxylation sites is 1. The maximum Gasteiger partial charge on any atom is 0.326 e. The molecule has 4 rings (SSSR count). The molecule has 0 saturated carbocycles. The number of carbonyl (C=O) groups is 1. The molecule has 3 heterocycles. The van der Waals surface area contributed by atoms with Gasteiger partial charge in [-0.05, 0) is 68.8 Å². The molecule has 1 atom stereocenters. The highest BCUT2D eigenvalue weighted by Gasteiger charge is 2.21. The number of nitrogens with one attached hydrogen (secondary N) is 2. The third-order valence-corrected chi connectivity index (χ3v) is 6.82. The number of anilines is 2. The Balaban J connectivity index is 1.29. The number of carboxylic acids is 1. The molecule has 0 saturated heterocycles. The van der Waals surface area contributed by atoms with Crippen LogP contribution >= 0.6 is 0 Å². The van der Waals surface area contributed by atoms with E-state index < -0.39 is 12.0 Å². The molecule has 9 nitrogen and oxygen atoms in total. The summed E-state index contributed by atoms with van der Waals surface area (Å²) < 4.78 is 7.07. The summed E-state index contributed by atoms with van der Waals surface area (Å²) >= 11 is 0. The van der Waals surface area contributed by atoms with E-state index in [0.717, 1.165) is 67.7 Å². The number of carboxylic acid groups (broad SMARTS) is 1. The van der Waals surface area contributed by atoms with Gasteiger partial charge >= 0.3 is 5.97 Å². The lowest BCUT2D eigenvalue weighted by Gasteiger charge is -2.24. The molecule has 1 aliphatic heterocycles. The van der Waals surface area contributed by atoms with Crippen molar-refractivity contribution in [3.8, 4) is 0 Å². The molecule has 0 bridgehead atoms. The number of methoxy groups -OCH3 is 1. The number of unbranched alkanes of at least 4 members (excludes halogenated alkanes) is 1. The van der Waals surface area contributed by atoms with Crippen LogP contribution in [-0.2, 0) is 29.4 Å². The lowest BCUT2D eigenvalue weighted by molar-refractivity contribution is -0.138. The quantitative estimate of drug-likeness (QED) is 0.292. The van der Waals surface area contributed by atoms with Gasteiger partial charge in [-0.1, -0.05) is 18.2 Å². The number of aliphatic carboxylic acids is 1. The number of hydrogen-bond donors (Lipinski definition) is 3. The van der Waals surface area contributed by atoms with Gasteiger partial charge in [0.2, 0.25) is 0 Å². The van der Waals surface area contributed by atoms with E-state index in [0.29, 0.717) is 25.4 Å². The Labute approximate surface area is 212 Å². The van der Waals surface area contributed by atoms with Crippen LogP contribution in [0.2, 0.25) is 0 Å². The normalized spacial score (nSPS) is 14.0. The number of nitrogens with zero attached hydrogens (tertiary/aromatic N) is 4. The predicted octanol–water partition coefficient (Wildman–Crippen LogP) is 3.55. The van der Waals surface area contributed by atoms with Crippen molar-refractivity contribution >= 4 is 28.5 Å². The Morgan fingerprint density at radius 3 is 2.92 bits per heavy atom. The summed E-state index contributed by atoms with van der Waals surface area (Å²) in [5.41, 5.74) is 3.41. The predicted molar refractivity (Wildman–Crippen MR) is 143 cm³/mol. The number of aromatic nitrogens is 3. The number of benzene rings is 1. The zero-order valence-corrected chi connectivity index (χ0v) is 21.4. The number of rotatable bonds is 14. The minimum atomic E-state index is -0.872. The minimum absolute atomic E-state index is 0.474. The molecule has 0 amide bonds. The number of hydrogen-bond acceptors (Lipinski definition) is 7.